The summed E-state index contributed by atoms with van der Waals surface area (Å²) in [6.07, 6.45) is 3.42. The molecule has 186 valence electrons. The Morgan fingerprint density at radius 1 is 1.11 bits per heavy atom. The summed E-state index contributed by atoms with van der Waals surface area (Å²) in [7, 11) is 0. The molecule has 0 radical (unpaired) electrons. The molecule has 6 nitrogen and oxygen atoms in total. The molecule has 2 aromatic carbocycles. The first-order valence-electron chi connectivity index (χ1n) is 12.4. The second kappa shape index (κ2) is 10.6. The van der Waals surface area contributed by atoms with Gasteiger partial charge in [-0.1, -0.05) is 80.4 Å². The van der Waals surface area contributed by atoms with Crippen LogP contribution in [0.5, 0.6) is 0 Å². The van der Waals surface area contributed by atoms with E-state index >= 15 is 0 Å². The number of aromatic nitrogens is 3. The predicted molar refractivity (Wildman–Crippen MR) is 145 cm³/mol. The highest BCUT2D eigenvalue weighted by Gasteiger charge is 2.30. The summed E-state index contributed by atoms with van der Waals surface area (Å²) < 4.78 is 6.05. The second-order valence-corrected chi connectivity index (χ2v) is 11.3. The molecule has 0 saturated heterocycles. The highest BCUT2D eigenvalue weighted by molar-refractivity contribution is 8.00. The molecular formula is C28H29ClN4O2S. The van der Waals surface area contributed by atoms with Crippen molar-refractivity contribution in [3.05, 3.63) is 59.6 Å². The maximum absolute atomic E-state index is 12.9. The number of nitrogens with zero attached hydrogens (tertiary/aromatic N) is 3. The van der Waals surface area contributed by atoms with Gasteiger partial charge in [-0.15, -0.1) is 10.2 Å². The third kappa shape index (κ3) is 5.27. The van der Waals surface area contributed by atoms with Crippen LogP contribution in [-0.2, 0) is 4.79 Å². The van der Waals surface area contributed by atoms with Crippen LogP contribution in [0.2, 0.25) is 5.02 Å². The molecule has 4 aromatic rings. The molecule has 0 spiro atoms. The van der Waals surface area contributed by atoms with Crippen LogP contribution in [0, 0.1) is 11.8 Å². The first kappa shape index (κ1) is 24.8. The lowest BCUT2D eigenvalue weighted by molar-refractivity contribution is -0.121. The predicted octanol–water partition coefficient (Wildman–Crippen LogP) is 7.03. The van der Waals surface area contributed by atoms with Crippen LogP contribution in [0.25, 0.3) is 33.6 Å². The molecule has 1 saturated carbocycles. The van der Waals surface area contributed by atoms with Gasteiger partial charge >= 0.3 is 0 Å². The number of fused-ring (bicyclic) bond motifs is 1. The average Bonchev–Trinajstić information content (AvgIpc) is 3.34. The minimum absolute atomic E-state index is 0.00471. The van der Waals surface area contributed by atoms with Crippen molar-refractivity contribution in [2.24, 2.45) is 11.8 Å². The van der Waals surface area contributed by atoms with Crippen LogP contribution < -0.4 is 5.32 Å². The van der Waals surface area contributed by atoms with Crippen LogP contribution in [-0.4, -0.2) is 32.4 Å². The van der Waals surface area contributed by atoms with Crippen molar-refractivity contribution in [2.75, 3.05) is 0 Å². The van der Waals surface area contributed by atoms with Gasteiger partial charge in [0.2, 0.25) is 11.8 Å². The summed E-state index contributed by atoms with van der Waals surface area (Å²) in [4.78, 5) is 17.7. The molecule has 2 aromatic heterocycles. The summed E-state index contributed by atoms with van der Waals surface area (Å²) in [6.45, 7) is 6.37. The van der Waals surface area contributed by atoms with E-state index in [4.69, 9.17) is 21.0 Å². The number of halogens is 1. The lowest BCUT2D eigenvalue weighted by Crippen LogP contribution is -2.46. The van der Waals surface area contributed by atoms with Crippen molar-refractivity contribution >= 4 is 40.2 Å². The molecule has 2 heterocycles. The monoisotopic (exact) mass is 520 g/mol. The number of pyridine rings is 1. The summed E-state index contributed by atoms with van der Waals surface area (Å²) in [5, 5.41) is 13.4. The van der Waals surface area contributed by atoms with Crippen molar-refractivity contribution in [3.8, 4) is 22.7 Å². The molecule has 36 heavy (non-hydrogen) atoms. The molecule has 8 heteroatoms. The van der Waals surface area contributed by atoms with Crippen LogP contribution in [0.3, 0.4) is 0 Å². The van der Waals surface area contributed by atoms with Gasteiger partial charge in [0.15, 0.2) is 0 Å². The Bertz CT molecular complexity index is 1370. The van der Waals surface area contributed by atoms with Crippen molar-refractivity contribution < 1.29 is 9.21 Å². The van der Waals surface area contributed by atoms with Gasteiger partial charge in [0.1, 0.15) is 0 Å². The first-order valence-corrected chi connectivity index (χ1v) is 13.6. The number of para-hydroxylation sites is 1. The maximum Gasteiger partial charge on any atom is 0.277 e. The van der Waals surface area contributed by atoms with E-state index in [9.17, 15) is 4.79 Å². The zero-order valence-electron chi connectivity index (χ0n) is 20.6. The second-order valence-electron chi connectivity index (χ2n) is 9.59. The van der Waals surface area contributed by atoms with Gasteiger partial charge in [-0.3, -0.25) is 4.79 Å². The molecule has 0 aliphatic heterocycles. The highest BCUT2D eigenvalue weighted by atomic mass is 35.5. The lowest BCUT2D eigenvalue weighted by Gasteiger charge is -2.35. The fraction of sp³-hybridized carbons (Fsp3) is 0.357. The molecule has 1 amide bonds. The van der Waals surface area contributed by atoms with Crippen molar-refractivity contribution in [1.82, 2.24) is 20.5 Å². The molecule has 5 rings (SSSR count). The normalized spacial score (nSPS) is 20.8. The third-order valence-electron chi connectivity index (χ3n) is 7.17. The SMILES string of the molecule is CC(Sc1nnc(-c2cc(-c3ccc(Cl)cc3)nc3ccccc23)o1)C(=O)NC1CCCC(C)C1C. The van der Waals surface area contributed by atoms with Crippen LogP contribution in [0.15, 0.2) is 64.2 Å². The third-order valence-corrected chi connectivity index (χ3v) is 8.36. The van der Waals surface area contributed by atoms with Gasteiger partial charge in [0.25, 0.3) is 5.22 Å². The maximum atomic E-state index is 12.9. The molecule has 4 unspecified atom stereocenters. The first-order chi connectivity index (χ1) is 17.4. The van der Waals surface area contributed by atoms with Gasteiger partial charge in [-0.2, -0.15) is 0 Å². The minimum atomic E-state index is -0.346. The number of hydrogen-bond acceptors (Lipinski definition) is 6. The Labute approximate surface area is 220 Å². The molecule has 1 aliphatic rings. The molecule has 1 aliphatic carbocycles. The van der Waals surface area contributed by atoms with Gasteiger partial charge in [0.05, 0.1) is 22.0 Å². The highest BCUT2D eigenvalue weighted by Crippen LogP contribution is 2.34. The number of rotatable bonds is 6. The summed E-state index contributed by atoms with van der Waals surface area (Å²) >= 11 is 7.35. The van der Waals surface area contributed by atoms with E-state index in [1.807, 2.05) is 61.5 Å². The zero-order valence-corrected chi connectivity index (χ0v) is 22.1. The van der Waals surface area contributed by atoms with Gasteiger partial charge in [-0.05, 0) is 49.4 Å². The van der Waals surface area contributed by atoms with E-state index < -0.39 is 0 Å². The number of amides is 1. The van der Waals surface area contributed by atoms with E-state index in [0.29, 0.717) is 28.0 Å². The fourth-order valence-corrected chi connectivity index (χ4v) is 5.60. The Morgan fingerprint density at radius 2 is 1.89 bits per heavy atom. The van der Waals surface area contributed by atoms with Crippen molar-refractivity contribution in [3.63, 3.8) is 0 Å². The van der Waals surface area contributed by atoms with E-state index in [2.05, 4.69) is 29.4 Å². The Hall–Kier alpha value is -2.90. The Morgan fingerprint density at radius 3 is 2.69 bits per heavy atom. The van der Waals surface area contributed by atoms with Crippen LogP contribution >= 0.6 is 23.4 Å². The molecule has 1 N–H and O–H groups in total. The number of thioether (sulfide) groups is 1. The fourth-order valence-electron chi connectivity index (χ4n) is 4.78. The Kier molecular flexibility index (Phi) is 7.30. The zero-order chi connectivity index (χ0) is 25.2. The topological polar surface area (TPSA) is 80.9 Å². The smallest absolute Gasteiger partial charge is 0.277 e. The number of benzene rings is 2. The number of nitrogens with one attached hydrogen (secondary N) is 1. The molecule has 0 bridgehead atoms. The standard InChI is InChI=1S/C28H29ClN4O2S/c1-16-7-6-10-23(17(16)2)31-26(34)18(3)36-28-33-32-27(35-28)22-15-25(19-11-13-20(29)14-12-19)30-24-9-5-4-8-21(22)24/h4-5,8-9,11-18,23H,6-7,10H2,1-3H3,(H,31,34). The van der Waals surface area contributed by atoms with E-state index in [1.165, 1.54) is 18.2 Å². The van der Waals surface area contributed by atoms with Crippen molar-refractivity contribution in [2.45, 2.75) is 56.5 Å². The molecular weight excluding hydrogens is 492 g/mol. The number of hydrogen-bond donors (Lipinski definition) is 1. The minimum Gasteiger partial charge on any atom is -0.411 e. The quantitative estimate of drug-likeness (QED) is 0.275. The largest absolute Gasteiger partial charge is 0.411 e. The number of carbonyl (C=O) groups is 1. The average molecular weight is 521 g/mol. The molecule has 1 fully saturated rings. The number of carbonyl (C=O) groups excluding carboxylic acids is 1. The van der Waals surface area contributed by atoms with Crippen molar-refractivity contribution in [1.29, 1.82) is 0 Å². The van der Waals surface area contributed by atoms with E-state index in [-0.39, 0.29) is 17.2 Å². The Balaban J connectivity index is 1.37. The molecule has 4 atom stereocenters. The lowest BCUT2D eigenvalue weighted by atomic mass is 9.78. The van der Waals surface area contributed by atoms with Gasteiger partial charge in [0, 0.05) is 22.0 Å². The van der Waals surface area contributed by atoms with Gasteiger partial charge in [-0.25, -0.2) is 4.98 Å². The summed E-state index contributed by atoms with van der Waals surface area (Å²) in [5.74, 6) is 1.50. The van der Waals surface area contributed by atoms with E-state index in [0.717, 1.165) is 40.6 Å². The van der Waals surface area contributed by atoms with E-state index in [1.54, 1.807) is 0 Å². The van der Waals surface area contributed by atoms with Crippen LogP contribution in [0.1, 0.15) is 40.0 Å². The van der Waals surface area contributed by atoms with Gasteiger partial charge < -0.3 is 9.73 Å². The van der Waals surface area contributed by atoms with Crippen LogP contribution in [0.4, 0.5) is 0 Å². The summed E-state index contributed by atoms with van der Waals surface area (Å²) in [6, 6.07) is 17.6. The summed E-state index contributed by atoms with van der Waals surface area (Å²) in [5.41, 5.74) is 3.36.